The standard InChI is InChI=1S/C53H100NO7P/c1-6-8-10-12-14-16-18-20-22-24-25-26-27-28-29-30-31-32-34-36-38-40-42-44-46-53(55)61-52(51-60-62(56,57)59-49-47-54(3,4)5)50-58-48-45-43-41-39-37-35-33-23-21-19-17-15-13-11-9-7-2/h9,11,15,17,21,23,35,37,52H,6-8,10,12-14,16,18-20,22,24-34,36,38-51H2,1-5H3/p+1/b11-9-,17-15-,23-21-,37-35-. The molecule has 8 nitrogen and oxygen atoms in total. The molecule has 0 heterocycles. The van der Waals surface area contributed by atoms with E-state index in [0.29, 0.717) is 24.1 Å². The Hall–Kier alpha value is -1.54. The van der Waals surface area contributed by atoms with Crippen LogP contribution in [0, 0.1) is 0 Å². The molecular formula is C53H101NO7P+. The van der Waals surface area contributed by atoms with Gasteiger partial charge in [0.1, 0.15) is 19.3 Å². The number of unbranched alkanes of at least 4 members (excludes halogenated alkanes) is 26. The average Bonchev–Trinajstić information content (AvgIpc) is 3.23. The number of phosphoric acid groups is 1. The largest absolute Gasteiger partial charge is 0.472 e. The second kappa shape index (κ2) is 46.0. The highest BCUT2D eigenvalue weighted by molar-refractivity contribution is 7.47. The minimum Gasteiger partial charge on any atom is -0.457 e. The van der Waals surface area contributed by atoms with Crippen LogP contribution in [-0.4, -0.2) is 75.6 Å². The number of esters is 1. The van der Waals surface area contributed by atoms with Crippen molar-refractivity contribution in [2.24, 2.45) is 0 Å². The van der Waals surface area contributed by atoms with E-state index < -0.39 is 13.9 Å². The van der Waals surface area contributed by atoms with Gasteiger partial charge in [0.25, 0.3) is 0 Å². The Kier molecular flexibility index (Phi) is 44.9. The van der Waals surface area contributed by atoms with E-state index in [4.69, 9.17) is 18.5 Å². The van der Waals surface area contributed by atoms with E-state index in [1.54, 1.807) is 0 Å². The van der Waals surface area contributed by atoms with Crippen LogP contribution in [0.4, 0.5) is 0 Å². The molecule has 62 heavy (non-hydrogen) atoms. The lowest BCUT2D eigenvalue weighted by Crippen LogP contribution is -2.37. The Morgan fingerprint density at radius 1 is 0.516 bits per heavy atom. The molecule has 0 saturated carbocycles. The van der Waals surface area contributed by atoms with E-state index in [1.165, 1.54) is 135 Å². The molecule has 0 saturated heterocycles. The zero-order chi connectivity index (χ0) is 45.5. The van der Waals surface area contributed by atoms with Crippen LogP contribution in [0.5, 0.6) is 0 Å². The van der Waals surface area contributed by atoms with Crippen molar-refractivity contribution in [3.8, 4) is 0 Å². The lowest BCUT2D eigenvalue weighted by Gasteiger charge is -2.24. The van der Waals surface area contributed by atoms with Crippen molar-refractivity contribution in [3.05, 3.63) is 48.6 Å². The molecule has 0 aliphatic rings. The van der Waals surface area contributed by atoms with Crippen molar-refractivity contribution in [1.82, 2.24) is 0 Å². The second-order valence-electron chi connectivity index (χ2n) is 18.5. The summed E-state index contributed by atoms with van der Waals surface area (Å²) in [5.41, 5.74) is 0. The molecule has 0 aliphatic carbocycles. The Morgan fingerprint density at radius 2 is 0.935 bits per heavy atom. The van der Waals surface area contributed by atoms with Gasteiger partial charge in [-0.2, -0.15) is 0 Å². The molecule has 0 fully saturated rings. The number of quaternary nitrogens is 1. The lowest BCUT2D eigenvalue weighted by atomic mass is 10.0. The first kappa shape index (κ1) is 60.5. The van der Waals surface area contributed by atoms with Gasteiger partial charge in [0, 0.05) is 13.0 Å². The smallest absolute Gasteiger partial charge is 0.457 e. The van der Waals surface area contributed by atoms with Gasteiger partial charge in [-0.25, -0.2) is 4.57 Å². The summed E-state index contributed by atoms with van der Waals surface area (Å²) in [7, 11) is 1.65. The number of nitrogens with zero attached hydrogens (tertiary/aromatic N) is 1. The number of carbonyl (C=O) groups is 1. The summed E-state index contributed by atoms with van der Waals surface area (Å²) in [5, 5.41) is 0. The maximum absolute atomic E-state index is 12.8. The topological polar surface area (TPSA) is 91.3 Å². The van der Waals surface area contributed by atoms with E-state index in [-0.39, 0.29) is 25.8 Å². The van der Waals surface area contributed by atoms with Crippen molar-refractivity contribution in [2.75, 3.05) is 54.1 Å². The van der Waals surface area contributed by atoms with Crippen LogP contribution in [0.15, 0.2) is 48.6 Å². The zero-order valence-corrected chi connectivity index (χ0v) is 42.3. The van der Waals surface area contributed by atoms with Gasteiger partial charge in [-0.05, 0) is 51.4 Å². The van der Waals surface area contributed by atoms with Gasteiger partial charge < -0.3 is 18.9 Å². The molecule has 1 N–H and O–H groups in total. The third-order valence-corrected chi connectivity index (χ3v) is 12.1. The molecule has 0 spiro atoms. The lowest BCUT2D eigenvalue weighted by molar-refractivity contribution is -0.870. The number of carbonyl (C=O) groups excluding carboxylic acids is 1. The van der Waals surface area contributed by atoms with E-state index in [2.05, 4.69) is 62.5 Å². The summed E-state index contributed by atoms with van der Waals surface area (Å²) in [6.45, 7) is 5.46. The van der Waals surface area contributed by atoms with Crippen molar-refractivity contribution in [2.45, 2.75) is 232 Å². The fraction of sp³-hybridized carbons (Fsp3) is 0.830. The number of phosphoric ester groups is 1. The Labute approximate surface area is 384 Å². The summed E-state index contributed by atoms with van der Waals surface area (Å²) in [6.07, 6.45) is 57.4. The van der Waals surface area contributed by atoms with Crippen LogP contribution in [-0.2, 0) is 27.9 Å². The van der Waals surface area contributed by atoms with E-state index in [0.717, 1.165) is 70.6 Å². The van der Waals surface area contributed by atoms with Crippen molar-refractivity contribution < 1.29 is 37.3 Å². The van der Waals surface area contributed by atoms with Gasteiger partial charge in [0.15, 0.2) is 0 Å². The summed E-state index contributed by atoms with van der Waals surface area (Å²) >= 11 is 0. The van der Waals surface area contributed by atoms with Crippen LogP contribution < -0.4 is 0 Å². The van der Waals surface area contributed by atoms with E-state index in [1.807, 2.05) is 21.1 Å². The summed E-state index contributed by atoms with van der Waals surface area (Å²) in [5.74, 6) is -0.322. The fourth-order valence-corrected chi connectivity index (χ4v) is 7.93. The molecule has 0 bridgehead atoms. The highest BCUT2D eigenvalue weighted by Gasteiger charge is 2.26. The summed E-state index contributed by atoms with van der Waals surface area (Å²) in [6, 6.07) is 0. The van der Waals surface area contributed by atoms with Gasteiger partial charge in [-0.1, -0.05) is 217 Å². The SMILES string of the molecule is CC/C=C\C/C=C\C/C=C\C/C=C\CCCCCOCC(COP(=O)(O)OCC[N+](C)(C)C)OC(=O)CCCCCCCCCCCCCCCCCCCCCCCCCC. The minimum atomic E-state index is -4.29. The molecule has 0 rings (SSSR count). The van der Waals surface area contributed by atoms with Crippen LogP contribution in [0.3, 0.4) is 0 Å². The number of allylic oxidation sites excluding steroid dienone is 8. The normalized spacial score (nSPS) is 14.0. The van der Waals surface area contributed by atoms with Gasteiger partial charge >= 0.3 is 13.8 Å². The predicted molar refractivity (Wildman–Crippen MR) is 266 cm³/mol. The number of hydrogen-bond acceptors (Lipinski definition) is 6. The molecule has 364 valence electrons. The van der Waals surface area contributed by atoms with Crippen molar-refractivity contribution in [1.29, 1.82) is 0 Å². The number of likely N-dealkylation sites (N-methyl/N-ethyl adjacent to an activating group) is 1. The first-order valence-electron chi connectivity index (χ1n) is 25.9. The van der Waals surface area contributed by atoms with Gasteiger partial charge in [0.2, 0.25) is 0 Å². The molecule has 2 unspecified atom stereocenters. The van der Waals surface area contributed by atoms with Crippen LogP contribution in [0.2, 0.25) is 0 Å². The molecule has 0 aliphatic heterocycles. The van der Waals surface area contributed by atoms with Gasteiger partial charge in [0.05, 0.1) is 34.4 Å². The molecular weight excluding hydrogens is 794 g/mol. The Balaban J connectivity index is 4.11. The van der Waals surface area contributed by atoms with Crippen molar-refractivity contribution in [3.63, 3.8) is 0 Å². The predicted octanol–water partition coefficient (Wildman–Crippen LogP) is 15.9. The molecule has 0 amide bonds. The van der Waals surface area contributed by atoms with Gasteiger partial charge in [-0.15, -0.1) is 0 Å². The Morgan fingerprint density at radius 3 is 1.39 bits per heavy atom. The molecule has 9 heteroatoms. The average molecular weight is 895 g/mol. The minimum absolute atomic E-state index is 0.0821. The Bertz CT molecular complexity index is 1130. The fourth-order valence-electron chi connectivity index (χ4n) is 7.19. The third-order valence-electron chi connectivity index (χ3n) is 11.2. The quantitative estimate of drug-likeness (QED) is 0.0214. The molecule has 0 aromatic carbocycles. The van der Waals surface area contributed by atoms with E-state index in [9.17, 15) is 14.3 Å². The number of hydrogen-bond donors (Lipinski definition) is 1. The highest BCUT2D eigenvalue weighted by atomic mass is 31.2. The first-order valence-corrected chi connectivity index (χ1v) is 27.4. The van der Waals surface area contributed by atoms with E-state index >= 15 is 0 Å². The van der Waals surface area contributed by atoms with Crippen LogP contribution >= 0.6 is 7.82 Å². The number of ether oxygens (including phenoxy) is 2. The third kappa shape index (κ3) is 49.5. The van der Waals surface area contributed by atoms with Gasteiger partial charge in [-0.3, -0.25) is 13.8 Å². The summed E-state index contributed by atoms with van der Waals surface area (Å²) in [4.78, 5) is 23.0. The highest BCUT2D eigenvalue weighted by Crippen LogP contribution is 2.43. The molecule has 0 radical (unpaired) electrons. The van der Waals surface area contributed by atoms with Crippen LogP contribution in [0.1, 0.15) is 226 Å². The van der Waals surface area contributed by atoms with Crippen LogP contribution in [0.25, 0.3) is 0 Å². The number of rotatable bonds is 48. The maximum Gasteiger partial charge on any atom is 0.472 e. The zero-order valence-electron chi connectivity index (χ0n) is 41.4. The second-order valence-corrected chi connectivity index (χ2v) is 20.0. The monoisotopic (exact) mass is 895 g/mol. The maximum atomic E-state index is 12.8. The molecule has 2 atom stereocenters. The summed E-state index contributed by atoms with van der Waals surface area (Å²) < 4.78 is 35.1. The molecule has 0 aromatic heterocycles. The first-order chi connectivity index (χ1) is 30.1. The van der Waals surface area contributed by atoms with Crippen molar-refractivity contribution >= 4 is 13.8 Å². The molecule has 0 aromatic rings.